The van der Waals surface area contributed by atoms with Crippen molar-refractivity contribution < 1.29 is 0 Å². The zero-order chi connectivity index (χ0) is 10.7. The standard InChI is InChI=1S/C12H15N3/c1-9-4-5-10(7-9)15-11-3-2-6-14-12(11)8-13/h2-3,6,9-10,15H,4-5,7H2,1H3. The Kier molecular flexibility index (Phi) is 2.86. The Bertz CT molecular complexity index is 381. The quantitative estimate of drug-likeness (QED) is 0.800. The summed E-state index contributed by atoms with van der Waals surface area (Å²) >= 11 is 0. The minimum atomic E-state index is 0.497. The van der Waals surface area contributed by atoms with Crippen LogP contribution in [0.5, 0.6) is 0 Å². The maximum atomic E-state index is 8.89. The molecule has 3 heteroatoms. The maximum Gasteiger partial charge on any atom is 0.163 e. The van der Waals surface area contributed by atoms with Gasteiger partial charge in [-0.25, -0.2) is 4.98 Å². The summed E-state index contributed by atoms with van der Waals surface area (Å²) in [6.07, 6.45) is 5.32. The van der Waals surface area contributed by atoms with Crippen LogP contribution in [0.25, 0.3) is 0 Å². The molecule has 3 nitrogen and oxygen atoms in total. The first-order valence-electron chi connectivity index (χ1n) is 5.41. The summed E-state index contributed by atoms with van der Waals surface area (Å²) in [5.74, 6) is 0.796. The molecule has 1 N–H and O–H groups in total. The molecule has 2 rings (SSSR count). The van der Waals surface area contributed by atoms with Crippen LogP contribution in [0.4, 0.5) is 5.69 Å². The Morgan fingerprint density at radius 1 is 1.53 bits per heavy atom. The fourth-order valence-corrected chi connectivity index (χ4v) is 2.17. The van der Waals surface area contributed by atoms with Gasteiger partial charge in [0, 0.05) is 12.2 Å². The van der Waals surface area contributed by atoms with Crippen LogP contribution in [0.15, 0.2) is 18.3 Å². The van der Waals surface area contributed by atoms with Crippen molar-refractivity contribution in [1.82, 2.24) is 4.98 Å². The Morgan fingerprint density at radius 2 is 2.40 bits per heavy atom. The van der Waals surface area contributed by atoms with Crippen LogP contribution in [0.1, 0.15) is 31.9 Å². The van der Waals surface area contributed by atoms with Gasteiger partial charge in [-0.15, -0.1) is 0 Å². The molecule has 1 aromatic rings. The monoisotopic (exact) mass is 201 g/mol. The van der Waals surface area contributed by atoms with Crippen LogP contribution < -0.4 is 5.32 Å². The van der Waals surface area contributed by atoms with Crippen LogP contribution >= 0.6 is 0 Å². The van der Waals surface area contributed by atoms with Crippen molar-refractivity contribution >= 4 is 5.69 Å². The molecule has 1 aliphatic rings. The van der Waals surface area contributed by atoms with E-state index < -0.39 is 0 Å². The third kappa shape index (κ3) is 2.27. The van der Waals surface area contributed by atoms with E-state index in [1.165, 1.54) is 19.3 Å². The van der Waals surface area contributed by atoms with Crippen LogP contribution in [-0.4, -0.2) is 11.0 Å². The molecule has 2 atom stereocenters. The first kappa shape index (κ1) is 9.97. The molecular weight excluding hydrogens is 186 g/mol. The summed E-state index contributed by atoms with van der Waals surface area (Å²) in [4.78, 5) is 4.03. The fraction of sp³-hybridized carbons (Fsp3) is 0.500. The Hall–Kier alpha value is -1.56. The van der Waals surface area contributed by atoms with Crippen molar-refractivity contribution in [2.75, 3.05) is 5.32 Å². The lowest BCUT2D eigenvalue weighted by Gasteiger charge is -2.14. The van der Waals surface area contributed by atoms with E-state index in [0.29, 0.717) is 11.7 Å². The Morgan fingerprint density at radius 3 is 3.07 bits per heavy atom. The summed E-state index contributed by atoms with van der Waals surface area (Å²) in [7, 11) is 0. The summed E-state index contributed by atoms with van der Waals surface area (Å²) in [5, 5.41) is 12.3. The lowest BCUT2D eigenvalue weighted by atomic mass is 10.1. The molecule has 0 bridgehead atoms. The van der Waals surface area contributed by atoms with Crippen molar-refractivity contribution in [3.05, 3.63) is 24.0 Å². The minimum absolute atomic E-state index is 0.497. The topological polar surface area (TPSA) is 48.7 Å². The average Bonchev–Trinajstić information content (AvgIpc) is 2.65. The molecule has 1 aromatic heterocycles. The maximum absolute atomic E-state index is 8.89. The Labute approximate surface area is 90.1 Å². The van der Waals surface area contributed by atoms with Crippen LogP contribution in [-0.2, 0) is 0 Å². The number of rotatable bonds is 2. The third-order valence-corrected chi connectivity index (χ3v) is 2.97. The van der Waals surface area contributed by atoms with Crippen molar-refractivity contribution in [3.8, 4) is 6.07 Å². The minimum Gasteiger partial charge on any atom is -0.380 e. The summed E-state index contributed by atoms with van der Waals surface area (Å²) in [6, 6.07) is 6.41. The van der Waals surface area contributed by atoms with Gasteiger partial charge in [-0.1, -0.05) is 6.92 Å². The average molecular weight is 201 g/mol. The fourth-order valence-electron chi connectivity index (χ4n) is 2.17. The SMILES string of the molecule is CC1CCC(Nc2cccnc2C#N)C1. The van der Waals surface area contributed by atoms with Gasteiger partial charge in [0.15, 0.2) is 5.69 Å². The highest BCUT2D eigenvalue weighted by molar-refractivity contribution is 5.53. The van der Waals surface area contributed by atoms with E-state index in [1.807, 2.05) is 12.1 Å². The van der Waals surface area contributed by atoms with Gasteiger partial charge >= 0.3 is 0 Å². The molecule has 0 saturated heterocycles. The summed E-state index contributed by atoms with van der Waals surface area (Å²) in [6.45, 7) is 2.27. The lowest BCUT2D eigenvalue weighted by molar-refractivity contribution is 0.602. The van der Waals surface area contributed by atoms with Gasteiger partial charge in [0.2, 0.25) is 0 Å². The van der Waals surface area contributed by atoms with E-state index >= 15 is 0 Å². The molecule has 1 saturated carbocycles. The first-order valence-corrected chi connectivity index (χ1v) is 5.41. The number of pyridine rings is 1. The molecule has 0 spiro atoms. The second-order valence-electron chi connectivity index (χ2n) is 4.27. The van der Waals surface area contributed by atoms with E-state index in [2.05, 4.69) is 23.3 Å². The smallest absolute Gasteiger partial charge is 0.163 e. The van der Waals surface area contributed by atoms with E-state index in [4.69, 9.17) is 5.26 Å². The number of aromatic nitrogens is 1. The normalized spacial score (nSPS) is 24.8. The van der Waals surface area contributed by atoms with Gasteiger partial charge < -0.3 is 5.32 Å². The number of hydrogen-bond donors (Lipinski definition) is 1. The van der Waals surface area contributed by atoms with Crippen molar-refractivity contribution in [1.29, 1.82) is 5.26 Å². The molecule has 0 aliphatic heterocycles. The van der Waals surface area contributed by atoms with Crippen LogP contribution in [0, 0.1) is 17.2 Å². The molecule has 1 heterocycles. The van der Waals surface area contributed by atoms with Gasteiger partial charge in [-0.2, -0.15) is 5.26 Å². The molecule has 2 unspecified atom stereocenters. The third-order valence-electron chi connectivity index (χ3n) is 2.97. The zero-order valence-corrected chi connectivity index (χ0v) is 8.90. The van der Waals surface area contributed by atoms with E-state index in [-0.39, 0.29) is 0 Å². The summed E-state index contributed by atoms with van der Waals surface area (Å²) in [5.41, 5.74) is 1.37. The zero-order valence-electron chi connectivity index (χ0n) is 8.90. The number of nitriles is 1. The molecule has 0 aromatic carbocycles. The predicted molar refractivity (Wildman–Crippen MR) is 59.4 cm³/mol. The highest BCUT2D eigenvalue weighted by Crippen LogP contribution is 2.27. The van der Waals surface area contributed by atoms with E-state index in [9.17, 15) is 0 Å². The molecule has 15 heavy (non-hydrogen) atoms. The molecule has 1 aliphatic carbocycles. The Balaban J connectivity index is 2.08. The molecule has 1 fully saturated rings. The van der Waals surface area contributed by atoms with Crippen molar-refractivity contribution in [3.63, 3.8) is 0 Å². The second-order valence-corrected chi connectivity index (χ2v) is 4.27. The van der Waals surface area contributed by atoms with Gasteiger partial charge in [0.25, 0.3) is 0 Å². The molecule has 0 radical (unpaired) electrons. The van der Waals surface area contributed by atoms with Gasteiger partial charge in [0.05, 0.1) is 5.69 Å². The highest BCUT2D eigenvalue weighted by atomic mass is 14.9. The number of anilines is 1. The largest absolute Gasteiger partial charge is 0.380 e. The van der Waals surface area contributed by atoms with Gasteiger partial charge in [-0.3, -0.25) is 0 Å². The number of hydrogen-bond acceptors (Lipinski definition) is 3. The van der Waals surface area contributed by atoms with Crippen molar-refractivity contribution in [2.45, 2.75) is 32.2 Å². The highest BCUT2D eigenvalue weighted by Gasteiger charge is 2.21. The number of nitrogens with zero attached hydrogens (tertiary/aromatic N) is 2. The van der Waals surface area contributed by atoms with Gasteiger partial charge in [0.1, 0.15) is 6.07 Å². The molecule has 0 amide bonds. The molecular formula is C12H15N3. The van der Waals surface area contributed by atoms with Crippen LogP contribution in [0.2, 0.25) is 0 Å². The van der Waals surface area contributed by atoms with E-state index in [0.717, 1.165) is 11.6 Å². The van der Waals surface area contributed by atoms with Crippen molar-refractivity contribution in [2.24, 2.45) is 5.92 Å². The second kappa shape index (κ2) is 4.31. The molecule has 78 valence electrons. The first-order chi connectivity index (χ1) is 7.29. The van der Waals surface area contributed by atoms with Crippen LogP contribution in [0.3, 0.4) is 0 Å². The van der Waals surface area contributed by atoms with E-state index in [1.54, 1.807) is 6.20 Å². The predicted octanol–water partition coefficient (Wildman–Crippen LogP) is 2.55. The van der Waals surface area contributed by atoms with Gasteiger partial charge in [-0.05, 0) is 37.3 Å². The summed E-state index contributed by atoms with van der Waals surface area (Å²) < 4.78 is 0. The number of nitrogens with one attached hydrogen (secondary N) is 1. The lowest BCUT2D eigenvalue weighted by Crippen LogP contribution is -2.16.